The third-order valence-corrected chi connectivity index (χ3v) is 6.50. The molecule has 1 N–H and O–H groups in total. The van der Waals surface area contributed by atoms with Gasteiger partial charge in [-0.2, -0.15) is 0 Å². The van der Waals surface area contributed by atoms with Crippen molar-refractivity contribution >= 4 is 34.3 Å². The molecule has 0 atom stereocenters. The number of hydrogen-bond acceptors (Lipinski definition) is 6. The SMILES string of the molecule is Cc1ccc(Cl)c(-c2cc(C)c3nc(Nc4ccc(OCCN5CCCC5)cc4)nnc3c2)c1. The van der Waals surface area contributed by atoms with Crippen molar-refractivity contribution in [3.05, 3.63) is 70.7 Å². The van der Waals surface area contributed by atoms with Crippen molar-refractivity contribution < 1.29 is 4.74 Å². The number of hydrogen-bond donors (Lipinski definition) is 1. The molecule has 0 unspecified atom stereocenters. The molecule has 0 amide bonds. The monoisotopic (exact) mass is 473 g/mol. The van der Waals surface area contributed by atoms with Crippen LogP contribution in [-0.4, -0.2) is 46.3 Å². The summed E-state index contributed by atoms with van der Waals surface area (Å²) < 4.78 is 5.89. The molecule has 6 nitrogen and oxygen atoms in total. The standard InChI is InChI=1S/C27H28ClN5O/c1-18-5-10-24(28)23(15-18)20-16-19(2)26-25(17-20)31-32-27(30-26)29-21-6-8-22(9-7-21)34-14-13-33-11-3-4-12-33/h5-10,15-17H,3-4,11-14H2,1-2H3,(H,29,30,32). The van der Waals surface area contributed by atoms with E-state index in [0.29, 0.717) is 17.6 Å². The fourth-order valence-electron chi connectivity index (χ4n) is 4.34. The predicted molar refractivity (Wildman–Crippen MR) is 138 cm³/mol. The lowest BCUT2D eigenvalue weighted by Crippen LogP contribution is -2.25. The summed E-state index contributed by atoms with van der Waals surface area (Å²) in [5.74, 6) is 1.32. The van der Waals surface area contributed by atoms with Crippen molar-refractivity contribution in [3.63, 3.8) is 0 Å². The Hall–Kier alpha value is -3.22. The van der Waals surface area contributed by atoms with Gasteiger partial charge in [0.15, 0.2) is 0 Å². The van der Waals surface area contributed by atoms with Gasteiger partial charge in [-0.05, 0) is 99.4 Å². The van der Waals surface area contributed by atoms with Gasteiger partial charge in [0, 0.05) is 22.8 Å². The van der Waals surface area contributed by atoms with Crippen LogP contribution in [0.25, 0.3) is 22.2 Å². The van der Waals surface area contributed by atoms with Crippen molar-refractivity contribution in [2.45, 2.75) is 26.7 Å². The number of halogens is 1. The summed E-state index contributed by atoms with van der Waals surface area (Å²) in [6.45, 7) is 8.15. The molecule has 2 heterocycles. The first kappa shape index (κ1) is 22.6. The van der Waals surface area contributed by atoms with E-state index < -0.39 is 0 Å². The molecule has 4 aromatic rings. The van der Waals surface area contributed by atoms with E-state index in [2.05, 4.69) is 39.5 Å². The van der Waals surface area contributed by atoms with Gasteiger partial charge in [-0.3, -0.25) is 4.90 Å². The minimum atomic E-state index is 0.458. The Kier molecular flexibility index (Phi) is 6.61. The van der Waals surface area contributed by atoms with Gasteiger partial charge in [0.1, 0.15) is 17.9 Å². The van der Waals surface area contributed by atoms with Crippen LogP contribution < -0.4 is 10.1 Å². The minimum absolute atomic E-state index is 0.458. The zero-order valence-electron chi connectivity index (χ0n) is 19.5. The summed E-state index contributed by atoms with van der Waals surface area (Å²) in [6.07, 6.45) is 2.60. The fourth-order valence-corrected chi connectivity index (χ4v) is 4.57. The van der Waals surface area contributed by atoms with Gasteiger partial charge in [-0.15, -0.1) is 10.2 Å². The van der Waals surface area contributed by atoms with Crippen LogP contribution in [0.2, 0.25) is 5.02 Å². The number of aromatic nitrogens is 3. The van der Waals surface area contributed by atoms with Crippen LogP contribution in [-0.2, 0) is 0 Å². The van der Waals surface area contributed by atoms with E-state index in [1.165, 1.54) is 25.9 Å². The van der Waals surface area contributed by atoms with E-state index in [1.54, 1.807) is 0 Å². The number of aryl methyl sites for hydroxylation is 2. The van der Waals surface area contributed by atoms with Gasteiger partial charge in [-0.25, -0.2) is 4.98 Å². The Morgan fingerprint density at radius 1 is 0.971 bits per heavy atom. The molecule has 1 aromatic heterocycles. The molecule has 0 radical (unpaired) electrons. The average Bonchev–Trinajstić information content (AvgIpc) is 3.36. The Morgan fingerprint density at radius 3 is 2.56 bits per heavy atom. The highest BCUT2D eigenvalue weighted by Crippen LogP contribution is 2.32. The van der Waals surface area contributed by atoms with Gasteiger partial charge < -0.3 is 10.1 Å². The van der Waals surface area contributed by atoms with Crippen molar-refractivity contribution in [1.82, 2.24) is 20.1 Å². The van der Waals surface area contributed by atoms with E-state index in [-0.39, 0.29) is 0 Å². The van der Waals surface area contributed by atoms with Crippen LogP contribution in [0.5, 0.6) is 5.75 Å². The smallest absolute Gasteiger partial charge is 0.247 e. The van der Waals surface area contributed by atoms with Gasteiger partial charge in [-0.1, -0.05) is 23.2 Å². The number of ether oxygens (including phenoxy) is 1. The van der Waals surface area contributed by atoms with E-state index in [1.807, 2.05) is 49.4 Å². The summed E-state index contributed by atoms with van der Waals surface area (Å²) >= 11 is 6.45. The van der Waals surface area contributed by atoms with E-state index >= 15 is 0 Å². The van der Waals surface area contributed by atoms with Crippen molar-refractivity contribution in [2.75, 3.05) is 31.6 Å². The van der Waals surface area contributed by atoms with Gasteiger partial charge >= 0.3 is 0 Å². The first-order valence-electron chi connectivity index (χ1n) is 11.7. The zero-order chi connectivity index (χ0) is 23.5. The molecule has 1 fully saturated rings. The highest BCUT2D eigenvalue weighted by atomic mass is 35.5. The minimum Gasteiger partial charge on any atom is -0.492 e. The number of nitrogens with one attached hydrogen (secondary N) is 1. The second kappa shape index (κ2) is 9.95. The molecule has 34 heavy (non-hydrogen) atoms. The molecule has 5 rings (SSSR count). The molecule has 0 bridgehead atoms. The van der Waals surface area contributed by atoms with Crippen LogP contribution in [0.1, 0.15) is 24.0 Å². The third kappa shape index (κ3) is 5.13. The maximum Gasteiger partial charge on any atom is 0.247 e. The normalized spacial score (nSPS) is 14.0. The number of likely N-dealkylation sites (tertiary alicyclic amines) is 1. The Morgan fingerprint density at radius 2 is 1.76 bits per heavy atom. The highest BCUT2D eigenvalue weighted by molar-refractivity contribution is 6.33. The number of anilines is 2. The lowest BCUT2D eigenvalue weighted by Gasteiger charge is -2.15. The van der Waals surface area contributed by atoms with Crippen molar-refractivity contribution in [1.29, 1.82) is 0 Å². The first-order chi connectivity index (χ1) is 16.5. The molecule has 7 heteroatoms. The Labute approximate surface area is 204 Å². The predicted octanol–water partition coefficient (Wildman–Crippen LogP) is 6.18. The number of rotatable bonds is 7. The molecule has 1 aliphatic rings. The lowest BCUT2D eigenvalue weighted by molar-refractivity contribution is 0.238. The molecule has 1 aliphatic heterocycles. The average molecular weight is 474 g/mol. The Balaban J connectivity index is 1.28. The van der Waals surface area contributed by atoms with Gasteiger partial charge in [0.2, 0.25) is 5.95 Å². The fraction of sp³-hybridized carbons (Fsp3) is 0.296. The molecule has 3 aromatic carbocycles. The van der Waals surface area contributed by atoms with Crippen LogP contribution >= 0.6 is 11.6 Å². The van der Waals surface area contributed by atoms with Crippen LogP contribution in [0.3, 0.4) is 0 Å². The second-order valence-corrected chi connectivity index (χ2v) is 9.23. The highest BCUT2D eigenvalue weighted by Gasteiger charge is 2.12. The molecular weight excluding hydrogens is 446 g/mol. The summed E-state index contributed by atoms with van der Waals surface area (Å²) in [7, 11) is 0. The lowest BCUT2D eigenvalue weighted by atomic mass is 10.0. The van der Waals surface area contributed by atoms with E-state index in [9.17, 15) is 0 Å². The maximum absolute atomic E-state index is 6.45. The zero-order valence-corrected chi connectivity index (χ0v) is 20.3. The molecule has 0 aliphatic carbocycles. The third-order valence-electron chi connectivity index (χ3n) is 6.17. The summed E-state index contributed by atoms with van der Waals surface area (Å²) in [5.41, 5.74) is 6.60. The second-order valence-electron chi connectivity index (χ2n) is 8.83. The molecule has 0 spiro atoms. The quantitative estimate of drug-likeness (QED) is 0.345. The molecule has 0 saturated carbocycles. The number of benzene rings is 3. The van der Waals surface area contributed by atoms with E-state index in [0.717, 1.165) is 51.3 Å². The number of fused-ring (bicyclic) bond motifs is 1. The summed E-state index contributed by atoms with van der Waals surface area (Å²) in [5, 5.41) is 12.7. The summed E-state index contributed by atoms with van der Waals surface area (Å²) in [6, 6.07) is 18.0. The van der Waals surface area contributed by atoms with Crippen LogP contribution in [0.15, 0.2) is 54.6 Å². The number of nitrogens with zero attached hydrogens (tertiary/aromatic N) is 4. The van der Waals surface area contributed by atoms with Gasteiger partial charge in [0.25, 0.3) is 0 Å². The van der Waals surface area contributed by atoms with Gasteiger partial charge in [0.05, 0.1) is 5.52 Å². The van der Waals surface area contributed by atoms with E-state index in [4.69, 9.17) is 21.3 Å². The largest absolute Gasteiger partial charge is 0.492 e. The first-order valence-corrected chi connectivity index (χ1v) is 12.1. The maximum atomic E-state index is 6.45. The molecule has 174 valence electrons. The Bertz CT molecular complexity index is 1300. The molecular formula is C27H28ClN5O. The van der Waals surface area contributed by atoms with Crippen LogP contribution in [0.4, 0.5) is 11.6 Å². The summed E-state index contributed by atoms with van der Waals surface area (Å²) in [4.78, 5) is 7.15. The van der Waals surface area contributed by atoms with Crippen molar-refractivity contribution in [3.8, 4) is 16.9 Å². The molecule has 1 saturated heterocycles. The van der Waals surface area contributed by atoms with Crippen molar-refractivity contribution in [2.24, 2.45) is 0 Å². The topological polar surface area (TPSA) is 63.2 Å². The van der Waals surface area contributed by atoms with Crippen LogP contribution in [0, 0.1) is 13.8 Å².